The van der Waals surface area contributed by atoms with Gasteiger partial charge in [-0.25, -0.2) is 8.42 Å². The van der Waals surface area contributed by atoms with E-state index in [1.54, 1.807) is 24.3 Å². The SMILES string of the molecule is CC(C)=CC/C=C(\CS(=O)(=O)c1ccccc1)Sc1ccccc1. The van der Waals surface area contributed by atoms with Crippen molar-refractivity contribution in [3.05, 3.63) is 83.3 Å². The van der Waals surface area contributed by atoms with Gasteiger partial charge in [-0.1, -0.05) is 65.9 Å². The molecular formula is C20H22O2S2. The van der Waals surface area contributed by atoms with Gasteiger partial charge in [0.25, 0.3) is 0 Å². The number of thioether (sulfide) groups is 1. The van der Waals surface area contributed by atoms with E-state index in [9.17, 15) is 8.42 Å². The first-order chi connectivity index (χ1) is 11.5. The van der Waals surface area contributed by atoms with Crippen molar-refractivity contribution in [1.29, 1.82) is 0 Å². The van der Waals surface area contributed by atoms with Gasteiger partial charge in [-0.15, -0.1) is 0 Å². The van der Waals surface area contributed by atoms with Crippen LogP contribution >= 0.6 is 11.8 Å². The molecule has 126 valence electrons. The second kappa shape index (κ2) is 8.90. The Morgan fingerprint density at radius 3 is 2.08 bits per heavy atom. The first kappa shape index (κ1) is 18.6. The Hall–Kier alpha value is -1.78. The van der Waals surface area contributed by atoms with Crippen LogP contribution in [0, 0.1) is 0 Å². The monoisotopic (exact) mass is 358 g/mol. The third-order valence-electron chi connectivity index (χ3n) is 3.30. The summed E-state index contributed by atoms with van der Waals surface area (Å²) in [4.78, 5) is 2.26. The fourth-order valence-corrected chi connectivity index (χ4v) is 4.80. The summed E-state index contributed by atoms with van der Waals surface area (Å²) >= 11 is 1.51. The van der Waals surface area contributed by atoms with E-state index >= 15 is 0 Å². The normalized spacial score (nSPS) is 12.0. The third-order valence-corrected chi connectivity index (χ3v) is 6.24. The molecule has 24 heavy (non-hydrogen) atoms. The van der Waals surface area contributed by atoms with Gasteiger partial charge in [-0.2, -0.15) is 0 Å². The molecule has 0 amide bonds. The first-order valence-electron chi connectivity index (χ1n) is 7.80. The second-order valence-electron chi connectivity index (χ2n) is 5.67. The molecule has 0 spiro atoms. The number of sulfone groups is 1. The average molecular weight is 359 g/mol. The van der Waals surface area contributed by atoms with Gasteiger partial charge in [0.2, 0.25) is 0 Å². The lowest BCUT2D eigenvalue weighted by Crippen LogP contribution is -2.07. The smallest absolute Gasteiger partial charge is 0.183 e. The standard InChI is InChI=1S/C20H22O2S2/c1-17(2)10-9-13-19(23-18-11-5-3-6-12-18)16-24(21,22)20-14-7-4-8-15-20/h3-8,10-15H,9,16H2,1-2H3/b19-13+. The molecule has 2 nitrogen and oxygen atoms in total. The van der Waals surface area contributed by atoms with E-state index in [0.717, 1.165) is 16.2 Å². The molecule has 0 aliphatic carbocycles. The molecule has 0 aromatic heterocycles. The van der Waals surface area contributed by atoms with Crippen LogP contribution in [0.5, 0.6) is 0 Å². The maximum absolute atomic E-state index is 12.7. The summed E-state index contributed by atoms with van der Waals surface area (Å²) in [5.41, 5.74) is 1.22. The molecule has 0 unspecified atom stereocenters. The molecule has 4 heteroatoms. The van der Waals surface area contributed by atoms with E-state index < -0.39 is 9.84 Å². The van der Waals surface area contributed by atoms with Crippen LogP contribution in [0.3, 0.4) is 0 Å². The van der Waals surface area contributed by atoms with Crippen molar-refractivity contribution in [2.75, 3.05) is 5.75 Å². The van der Waals surface area contributed by atoms with Gasteiger partial charge in [0, 0.05) is 9.80 Å². The Morgan fingerprint density at radius 1 is 0.917 bits per heavy atom. The molecule has 0 bridgehead atoms. The Labute approximate surface area is 149 Å². The van der Waals surface area contributed by atoms with Crippen molar-refractivity contribution < 1.29 is 8.42 Å². The van der Waals surface area contributed by atoms with Crippen LogP contribution in [-0.2, 0) is 9.84 Å². The van der Waals surface area contributed by atoms with Crippen LogP contribution in [0.25, 0.3) is 0 Å². The summed E-state index contributed by atoms with van der Waals surface area (Å²) in [7, 11) is -3.34. The van der Waals surface area contributed by atoms with Crippen molar-refractivity contribution in [3.8, 4) is 0 Å². The lowest BCUT2D eigenvalue weighted by Gasteiger charge is -2.09. The quantitative estimate of drug-likeness (QED) is 0.484. The van der Waals surface area contributed by atoms with Crippen LogP contribution in [-0.4, -0.2) is 14.2 Å². The highest BCUT2D eigenvalue weighted by atomic mass is 32.2. The highest BCUT2D eigenvalue weighted by Gasteiger charge is 2.17. The fraction of sp³-hybridized carbons (Fsp3) is 0.200. The van der Waals surface area contributed by atoms with Crippen molar-refractivity contribution in [2.24, 2.45) is 0 Å². The molecule has 0 radical (unpaired) electrons. The van der Waals surface area contributed by atoms with Crippen molar-refractivity contribution >= 4 is 21.6 Å². The molecule has 0 fully saturated rings. The molecule has 2 aromatic carbocycles. The molecule has 0 aliphatic rings. The van der Waals surface area contributed by atoms with Gasteiger partial charge in [-0.3, -0.25) is 0 Å². The average Bonchev–Trinajstić information content (AvgIpc) is 2.56. The van der Waals surface area contributed by atoms with E-state index in [4.69, 9.17) is 0 Å². The molecule has 0 saturated heterocycles. The molecule has 0 atom stereocenters. The van der Waals surface area contributed by atoms with Gasteiger partial charge < -0.3 is 0 Å². The van der Waals surface area contributed by atoms with Gasteiger partial charge >= 0.3 is 0 Å². The molecule has 0 aliphatic heterocycles. The summed E-state index contributed by atoms with van der Waals surface area (Å²) < 4.78 is 25.3. The zero-order chi connectivity index (χ0) is 17.4. The Balaban J connectivity index is 2.24. The van der Waals surface area contributed by atoms with Gasteiger partial charge in [0.05, 0.1) is 10.6 Å². The summed E-state index contributed by atoms with van der Waals surface area (Å²) in [5, 5.41) is 0. The zero-order valence-corrected chi connectivity index (χ0v) is 15.6. The Bertz CT molecular complexity index is 801. The number of hydrogen-bond acceptors (Lipinski definition) is 3. The minimum atomic E-state index is -3.34. The number of allylic oxidation sites excluding steroid dienone is 3. The van der Waals surface area contributed by atoms with E-state index in [1.165, 1.54) is 17.3 Å². The summed E-state index contributed by atoms with van der Waals surface area (Å²) in [6, 6.07) is 18.5. The van der Waals surface area contributed by atoms with Gasteiger partial charge in [-0.05, 0) is 44.5 Å². The number of benzene rings is 2. The predicted octanol–water partition coefficient (Wildman–Crippen LogP) is 5.49. The third kappa shape index (κ3) is 6.02. The van der Waals surface area contributed by atoms with Crippen LogP contribution in [0.2, 0.25) is 0 Å². The lowest BCUT2D eigenvalue weighted by atomic mass is 10.2. The molecule has 0 heterocycles. The highest BCUT2D eigenvalue weighted by Crippen LogP contribution is 2.29. The van der Waals surface area contributed by atoms with Crippen LogP contribution in [0.4, 0.5) is 0 Å². The minimum Gasteiger partial charge on any atom is -0.223 e. The Morgan fingerprint density at radius 2 is 1.50 bits per heavy atom. The largest absolute Gasteiger partial charge is 0.223 e. The van der Waals surface area contributed by atoms with Crippen LogP contribution in [0.1, 0.15) is 20.3 Å². The maximum Gasteiger partial charge on any atom is 0.183 e. The predicted molar refractivity (Wildman–Crippen MR) is 103 cm³/mol. The van der Waals surface area contributed by atoms with Crippen molar-refractivity contribution in [2.45, 2.75) is 30.1 Å². The van der Waals surface area contributed by atoms with Gasteiger partial charge in [0.15, 0.2) is 9.84 Å². The van der Waals surface area contributed by atoms with Crippen LogP contribution < -0.4 is 0 Å². The van der Waals surface area contributed by atoms with Gasteiger partial charge in [0.1, 0.15) is 0 Å². The number of rotatable bonds is 7. The van der Waals surface area contributed by atoms with Crippen molar-refractivity contribution in [1.82, 2.24) is 0 Å². The van der Waals surface area contributed by atoms with E-state index in [-0.39, 0.29) is 5.75 Å². The molecule has 0 N–H and O–H groups in total. The van der Waals surface area contributed by atoms with E-state index in [1.807, 2.05) is 56.3 Å². The zero-order valence-electron chi connectivity index (χ0n) is 14.0. The fourth-order valence-electron chi connectivity index (χ4n) is 2.09. The first-order valence-corrected chi connectivity index (χ1v) is 10.3. The molecule has 0 saturated carbocycles. The molecular weight excluding hydrogens is 336 g/mol. The van der Waals surface area contributed by atoms with E-state index in [2.05, 4.69) is 6.08 Å². The summed E-state index contributed by atoms with van der Waals surface area (Å²) in [6.45, 7) is 4.08. The topological polar surface area (TPSA) is 34.1 Å². The maximum atomic E-state index is 12.7. The Kier molecular flexibility index (Phi) is 6.88. The summed E-state index contributed by atoms with van der Waals surface area (Å²) in [6.07, 6.45) is 4.84. The lowest BCUT2D eigenvalue weighted by molar-refractivity contribution is 0.598. The second-order valence-corrected chi connectivity index (χ2v) is 8.86. The highest BCUT2D eigenvalue weighted by molar-refractivity contribution is 8.04. The van der Waals surface area contributed by atoms with Crippen molar-refractivity contribution in [3.63, 3.8) is 0 Å². The van der Waals surface area contributed by atoms with Crippen LogP contribution in [0.15, 0.2) is 93.1 Å². The number of hydrogen-bond donors (Lipinski definition) is 0. The molecule has 2 aromatic rings. The van der Waals surface area contributed by atoms with E-state index in [0.29, 0.717) is 4.90 Å². The summed E-state index contributed by atoms with van der Waals surface area (Å²) in [5.74, 6) is 0.0210. The molecule has 2 rings (SSSR count). The minimum absolute atomic E-state index is 0.0210.